The molecule has 160 valence electrons. The average molecular weight is 456 g/mol. The van der Waals surface area contributed by atoms with Crippen LogP contribution in [0.25, 0.3) is 10.6 Å². The lowest BCUT2D eigenvalue weighted by atomic mass is 10.1. The van der Waals surface area contributed by atoms with Gasteiger partial charge in [0.25, 0.3) is 5.91 Å². The molecule has 2 aromatic carbocycles. The Hall–Kier alpha value is -2.81. The zero-order valence-electron chi connectivity index (χ0n) is 17.0. The molecular weight excluding hydrogens is 434 g/mol. The van der Waals surface area contributed by atoms with Crippen LogP contribution in [0.15, 0.2) is 48.5 Å². The van der Waals surface area contributed by atoms with Gasteiger partial charge in [0, 0.05) is 31.7 Å². The van der Waals surface area contributed by atoms with Crippen molar-refractivity contribution in [3.63, 3.8) is 0 Å². The molecule has 3 aromatic rings. The molecule has 0 saturated carbocycles. The summed E-state index contributed by atoms with van der Waals surface area (Å²) in [7, 11) is 0. The van der Waals surface area contributed by atoms with Crippen molar-refractivity contribution in [2.45, 2.75) is 6.92 Å². The van der Waals surface area contributed by atoms with Gasteiger partial charge in [-0.1, -0.05) is 59.3 Å². The van der Waals surface area contributed by atoms with E-state index in [0.717, 1.165) is 16.1 Å². The normalized spacial score (nSPS) is 14.5. The molecule has 0 aliphatic carbocycles. The Kier molecular flexibility index (Phi) is 6.60. The number of aryl methyl sites for hydroxylation is 1. The van der Waals surface area contributed by atoms with Gasteiger partial charge in [-0.2, -0.15) is 0 Å². The number of carbonyl (C=O) groups excluding carboxylic acids is 2. The Morgan fingerprint density at radius 2 is 1.74 bits per heavy atom. The summed E-state index contributed by atoms with van der Waals surface area (Å²) in [6.45, 7) is 4.60. The maximum absolute atomic E-state index is 12.7. The Balaban J connectivity index is 1.28. The lowest BCUT2D eigenvalue weighted by Crippen LogP contribution is -2.50. The predicted octanol–water partition coefficient (Wildman–Crippen LogP) is 3.56. The number of halogens is 1. The molecule has 1 aliphatic heterocycles. The van der Waals surface area contributed by atoms with E-state index in [1.807, 2.05) is 36.1 Å². The molecule has 1 N–H and O–H groups in total. The summed E-state index contributed by atoms with van der Waals surface area (Å²) in [5, 5.41) is 12.8. The Bertz CT molecular complexity index is 1090. The molecule has 9 heteroatoms. The Labute approximate surface area is 189 Å². The van der Waals surface area contributed by atoms with Gasteiger partial charge in [-0.05, 0) is 24.6 Å². The van der Waals surface area contributed by atoms with Crippen LogP contribution in [-0.2, 0) is 4.79 Å². The summed E-state index contributed by atoms with van der Waals surface area (Å²) in [5.41, 5.74) is 2.64. The van der Waals surface area contributed by atoms with E-state index in [2.05, 4.69) is 15.5 Å². The summed E-state index contributed by atoms with van der Waals surface area (Å²) >= 11 is 7.50. The van der Waals surface area contributed by atoms with Crippen LogP contribution >= 0.6 is 22.9 Å². The number of carbonyl (C=O) groups is 2. The molecular formula is C22H22ClN5O2S. The van der Waals surface area contributed by atoms with Crippen LogP contribution in [0, 0.1) is 6.92 Å². The predicted molar refractivity (Wildman–Crippen MR) is 123 cm³/mol. The number of hydrogen-bond donors (Lipinski definition) is 1. The quantitative estimate of drug-likeness (QED) is 0.636. The minimum atomic E-state index is -0.140. The van der Waals surface area contributed by atoms with Crippen LogP contribution in [0.1, 0.15) is 15.9 Å². The zero-order chi connectivity index (χ0) is 21.8. The SMILES string of the molecule is Cc1ccccc1-c1nnc(NC(=O)CN2CCN(C(=O)c3ccccc3Cl)CC2)s1. The number of aromatic nitrogens is 2. The molecule has 0 unspecified atom stereocenters. The number of anilines is 1. The summed E-state index contributed by atoms with van der Waals surface area (Å²) in [6, 6.07) is 15.0. The number of amides is 2. The van der Waals surface area contributed by atoms with Gasteiger partial charge in [-0.15, -0.1) is 10.2 Å². The van der Waals surface area contributed by atoms with Crippen molar-refractivity contribution in [2.75, 3.05) is 38.0 Å². The van der Waals surface area contributed by atoms with Crippen LogP contribution < -0.4 is 5.32 Å². The van der Waals surface area contributed by atoms with Gasteiger partial charge >= 0.3 is 0 Å². The topological polar surface area (TPSA) is 78.4 Å². The van der Waals surface area contributed by atoms with Gasteiger partial charge in [0.1, 0.15) is 5.01 Å². The molecule has 1 aliphatic rings. The Morgan fingerprint density at radius 3 is 2.48 bits per heavy atom. The highest BCUT2D eigenvalue weighted by atomic mass is 35.5. The molecule has 0 bridgehead atoms. The summed E-state index contributed by atoms with van der Waals surface area (Å²) in [6.07, 6.45) is 0. The van der Waals surface area contributed by atoms with Gasteiger partial charge in [0.05, 0.1) is 17.1 Å². The van der Waals surface area contributed by atoms with Crippen LogP contribution in [0.3, 0.4) is 0 Å². The number of piperazine rings is 1. The molecule has 0 radical (unpaired) electrons. The monoisotopic (exact) mass is 455 g/mol. The van der Waals surface area contributed by atoms with E-state index in [0.29, 0.717) is 41.9 Å². The first-order chi connectivity index (χ1) is 15.0. The van der Waals surface area contributed by atoms with Gasteiger partial charge in [-0.25, -0.2) is 0 Å². The first-order valence-corrected chi connectivity index (χ1v) is 11.2. The molecule has 2 amide bonds. The first kappa shape index (κ1) is 21.4. The van der Waals surface area contributed by atoms with E-state index in [4.69, 9.17) is 11.6 Å². The molecule has 0 atom stereocenters. The molecule has 7 nitrogen and oxygen atoms in total. The average Bonchev–Trinajstić information content (AvgIpc) is 3.22. The van der Waals surface area contributed by atoms with Crippen molar-refractivity contribution in [1.82, 2.24) is 20.0 Å². The van der Waals surface area contributed by atoms with E-state index in [-0.39, 0.29) is 18.4 Å². The second-order valence-electron chi connectivity index (χ2n) is 7.32. The Morgan fingerprint density at radius 1 is 1.03 bits per heavy atom. The van der Waals surface area contributed by atoms with Gasteiger partial charge in [-0.3, -0.25) is 19.8 Å². The van der Waals surface area contributed by atoms with Crippen LogP contribution in [0.2, 0.25) is 5.02 Å². The van der Waals surface area contributed by atoms with E-state index in [9.17, 15) is 9.59 Å². The van der Waals surface area contributed by atoms with E-state index in [1.54, 1.807) is 29.2 Å². The highest BCUT2D eigenvalue weighted by molar-refractivity contribution is 7.18. The number of nitrogens with zero attached hydrogens (tertiary/aromatic N) is 4. The van der Waals surface area contributed by atoms with Crippen LogP contribution in [0.4, 0.5) is 5.13 Å². The maximum Gasteiger partial charge on any atom is 0.255 e. The summed E-state index contributed by atoms with van der Waals surface area (Å²) in [4.78, 5) is 28.9. The largest absolute Gasteiger partial charge is 0.336 e. The van der Waals surface area contributed by atoms with Crippen molar-refractivity contribution in [1.29, 1.82) is 0 Å². The highest BCUT2D eigenvalue weighted by Crippen LogP contribution is 2.28. The lowest BCUT2D eigenvalue weighted by Gasteiger charge is -2.34. The van der Waals surface area contributed by atoms with Crippen LogP contribution in [0.5, 0.6) is 0 Å². The van der Waals surface area contributed by atoms with Crippen molar-refractivity contribution in [3.8, 4) is 10.6 Å². The first-order valence-electron chi connectivity index (χ1n) is 9.97. The van der Waals surface area contributed by atoms with Gasteiger partial charge in [0.2, 0.25) is 11.0 Å². The smallest absolute Gasteiger partial charge is 0.255 e. The zero-order valence-corrected chi connectivity index (χ0v) is 18.6. The van der Waals surface area contributed by atoms with Crippen molar-refractivity contribution in [3.05, 3.63) is 64.7 Å². The molecule has 1 saturated heterocycles. The minimum absolute atomic E-state index is 0.0766. The summed E-state index contributed by atoms with van der Waals surface area (Å²) < 4.78 is 0. The number of rotatable bonds is 5. The van der Waals surface area contributed by atoms with Crippen molar-refractivity contribution >= 4 is 39.9 Å². The fourth-order valence-corrected chi connectivity index (χ4v) is 4.54. The van der Waals surface area contributed by atoms with E-state index in [1.165, 1.54) is 11.3 Å². The third kappa shape index (κ3) is 5.10. The number of nitrogens with one attached hydrogen (secondary N) is 1. The molecule has 2 heterocycles. The van der Waals surface area contributed by atoms with E-state index < -0.39 is 0 Å². The second-order valence-corrected chi connectivity index (χ2v) is 8.71. The van der Waals surface area contributed by atoms with Gasteiger partial charge in [0.15, 0.2) is 0 Å². The molecule has 0 spiro atoms. The van der Waals surface area contributed by atoms with Crippen LogP contribution in [-0.4, -0.2) is 64.5 Å². The van der Waals surface area contributed by atoms with Gasteiger partial charge < -0.3 is 4.90 Å². The fourth-order valence-electron chi connectivity index (χ4n) is 3.47. The third-order valence-corrected chi connectivity index (χ3v) is 6.38. The highest BCUT2D eigenvalue weighted by Gasteiger charge is 2.24. The maximum atomic E-state index is 12.7. The summed E-state index contributed by atoms with van der Waals surface area (Å²) in [5.74, 6) is -0.217. The lowest BCUT2D eigenvalue weighted by molar-refractivity contribution is -0.117. The molecule has 31 heavy (non-hydrogen) atoms. The molecule has 1 fully saturated rings. The minimum Gasteiger partial charge on any atom is -0.336 e. The number of benzene rings is 2. The standard InChI is InChI=1S/C22H22ClN5O2S/c1-15-6-2-3-7-16(15)20-25-26-22(31-20)24-19(29)14-27-10-12-28(13-11-27)21(30)17-8-4-5-9-18(17)23/h2-9H,10-14H2,1H3,(H,24,26,29). The van der Waals surface area contributed by atoms with Crippen molar-refractivity contribution in [2.24, 2.45) is 0 Å². The molecule has 4 rings (SSSR count). The number of hydrogen-bond acceptors (Lipinski definition) is 6. The third-order valence-electron chi connectivity index (χ3n) is 5.18. The fraction of sp³-hybridized carbons (Fsp3) is 0.273. The van der Waals surface area contributed by atoms with E-state index >= 15 is 0 Å². The molecule has 1 aromatic heterocycles. The second kappa shape index (κ2) is 9.55. The van der Waals surface area contributed by atoms with Crippen molar-refractivity contribution < 1.29 is 9.59 Å².